The largest absolute Gasteiger partial charge is 0.335 e. The summed E-state index contributed by atoms with van der Waals surface area (Å²) in [4.78, 5) is 14.8. The molecule has 1 aliphatic heterocycles. The van der Waals surface area contributed by atoms with E-state index in [4.69, 9.17) is 0 Å². The third-order valence-electron chi connectivity index (χ3n) is 4.02. The number of hydrogen-bond acceptors (Lipinski definition) is 2. The first-order chi connectivity index (χ1) is 11.1. The van der Waals surface area contributed by atoms with E-state index in [0.29, 0.717) is 11.4 Å². The van der Waals surface area contributed by atoms with E-state index in [2.05, 4.69) is 0 Å². The Bertz CT molecular complexity index is 690. The zero-order valence-corrected chi connectivity index (χ0v) is 13.4. The molecule has 0 radical (unpaired) electrons. The van der Waals surface area contributed by atoms with Crippen LogP contribution in [0.2, 0.25) is 0 Å². The van der Waals surface area contributed by atoms with Gasteiger partial charge in [0.05, 0.1) is 11.8 Å². The van der Waals surface area contributed by atoms with Crippen LogP contribution in [0.15, 0.2) is 53.4 Å². The van der Waals surface area contributed by atoms with Gasteiger partial charge in [-0.1, -0.05) is 24.3 Å². The zero-order valence-electron chi connectivity index (χ0n) is 12.5. The summed E-state index contributed by atoms with van der Waals surface area (Å²) in [7, 11) is 0. The van der Waals surface area contributed by atoms with Crippen LogP contribution in [-0.2, 0) is 4.79 Å². The Morgan fingerprint density at radius 3 is 2.61 bits per heavy atom. The lowest BCUT2D eigenvalue weighted by Gasteiger charge is -2.25. The molecule has 2 nitrogen and oxygen atoms in total. The number of thioether (sulfide) groups is 1. The highest BCUT2D eigenvalue weighted by Gasteiger charge is 2.29. The quantitative estimate of drug-likeness (QED) is 0.772. The lowest BCUT2D eigenvalue weighted by molar-refractivity contribution is -0.129. The van der Waals surface area contributed by atoms with Crippen molar-refractivity contribution in [2.45, 2.75) is 23.8 Å². The predicted molar refractivity (Wildman–Crippen MR) is 87.2 cm³/mol. The number of carbonyl (C=O) groups excluding carboxylic acids is 1. The molecule has 5 heteroatoms. The Kier molecular flexibility index (Phi) is 4.96. The van der Waals surface area contributed by atoms with E-state index in [0.717, 1.165) is 18.4 Å². The fourth-order valence-corrected chi connectivity index (χ4v) is 3.71. The van der Waals surface area contributed by atoms with Gasteiger partial charge in [-0.25, -0.2) is 8.78 Å². The molecule has 1 amide bonds. The van der Waals surface area contributed by atoms with Crippen molar-refractivity contribution in [3.63, 3.8) is 0 Å². The van der Waals surface area contributed by atoms with Crippen LogP contribution in [0.3, 0.4) is 0 Å². The van der Waals surface area contributed by atoms with E-state index < -0.39 is 0 Å². The molecule has 0 N–H and O–H groups in total. The van der Waals surface area contributed by atoms with Gasteiger partial charge in [0.15, 0.2) is 0 Å². The van der Waals surface area contributed by atoms with E-state index in [9.17, 15) is 13.6 Å². The maximum absolute atomic E-state index is 13.6. The van der Waals surface area contributed by atoms with Gasteiger partial charge in [-0.3, -0.25) is 4.79 Å². The lowest BCUT2D eigenvalue weighted by atomic mass is 10.0. The van der Waals surface area contributed by atoms with Crippen molar-refractivity contribution in [3.05, 3.63) is 65.7 Å². The average Bonchev–Trinajstić information content (AvgIpc) is 3.04. The Morgan fingerprint density at radius 1 is 1.13 bits per heavy atom. The minimum Gasteiger partial charge on any atom is -0.335 e. The first kappa shape index (κ1) is 16.0. The fourth-order valence-electron chi connectivity index (χ4n) is 2.88. The predicted octanol–water partition coefficient (Wildman–Crippen LogP) is 4.42. The molecule has 0 aromatic heterocycles. The molecule has 23 heavy (non-hydrogen) atoms. The summed E-state index contributed by atoms with van der Waals surface area (Å²) in [5.74, 6) is -0.384. The van der Waals surface area contributed by atoms with Gasteiger partial charge in [0, 0.05) is 11.4 Å². The molecule has 1 unspecified atom stereocenters. The third-order valence-corrected chi connectivity index (χ3v) is 5.05. The number of amides is 1. The van der Waals surface area contributed by atoms with E-state index in [1.807, 2.05) is 4.90 Å². The Morgan fingerprint density at radius 2 is 1.87 bits per heavy atom. The van der Waals surface area contributed by atoms with Crippen molar-refractivity contribution in [2.24, 2.45) is 0 Å². The van der Waals surface area contributed by atoms with Crippen LogP contribution < -0.4 is 0 Å². The monoisotopic (exact) mass is 333 g/mol. The summed E-state index contributed by atoms with van der Waals surface area (Å²) < 4.78 is 26.7. The molecule has 2 aromatic carbocycles. The van der Waals surface area contributed by atoms with Crippen LogP contribution in [0.4, 0.5) is 8.78 Å². The van der Waals surface area contributed by atoms with Crippen molar-refractivity contribution >= 4 is 17.7 Å². The summed E-state index contributed by atoms with van der Waals surface area (Å²) in [6, 6.07) is 12.8. The minimum atomic E-state index is -0.304. The van der Waals surface area contributed by atoms with Crippen LogP contribution in [0.5, 0.6) is 0 Å². The Balaban J connectivity index is 1.66. The smallest absolute Gasteiger partial charge is 0.233 e. The van der Waals surface area contributed by atoms with Gasteiger partial charge in [0.2, 0.25) is 5.91 Å². The van der Waals surface area contributed by atoms with Crippen LogP contribution in [0.25, 0.3) is 0 Å². The standard InChI is InChI=1S/C18H17F2NOS/c19-14-9-7-13(8-10-14)16-5-3-11-21(16)18(22)12-23-17-6-2-1-4-15(17)20/h1-2,4,6-10,16H,3,5,11-12H2. The number of halogens is 2. The first-order valence-corrected chi connectivity index (χ1v) is 8.56. The van der Waals surface area contributed by atoms with Crippen LogP contribution >= 0.6 is 11.8 Å². The molecule has 0 saturated carbocycles. The summed E-state index contributed by atoms with van der Waals surface area (Å²) >= 11 is 1.22. The van der Waals surface area contributed by atoms with Crippen molar-refractivity contribution in [1.82, 2.24) is 4.90 Å². The number of likely N-dealkylation sites (tertiary alicyclic amines) is 1. The molecule has 1 fully saturated rings. The second-order valence-corrected chi connectivity index (χ2v) is 6.53. The van der Waals surface area contributed by atoms with E-state index >= 15 is 0 Å². The van der Waals surface area contributed by atoms with Crippen molar-refractivity contribution in [3.8, 4) is 0 Å². The van der Waals surface area contributed by atoms with Crippen LogP contribution in [-0.4, -0.2) is 23.1 Å². The third kappa shape index (κ3) is 3.72. The van der Waals surface area contributed by atoms with Crippen molar-refractivity contribution < 1.29 is 13.6 Å². The van der Waals surface area contributed by atoms with Gasteiger partial charge in [0.25, 0.3) is 0 Å². The molecule has 0 spiro atoms. The SMILES string of the molecule is O=C(CSc1ccccc1F)N1CCCC1c1ccc(F)cc1. The second-order valence-electron chi connectivity index (χ2n) is 5.52. The summed E-state index contributed by atoms with van der Waals surface area (Å²) in [6.07, 6.45) is 1.81. The number of rotatable bonds is 4. The molecule has 120 valence electrons. The maximum atomic E-state index is 13.6. The van der Waals surface area contributed by atoms with Gasteiger partial charge in [-0.05, 0) is 42.7 Å². The van der Waals surface area contributed by atoms with Gasteiger partial charge < -0.3 is 4.90 Å². The number of benzene rings is 2. The van der Waals surface area contributed by atoms with Gasteiger partial charge in [0.1, 0.15) is 11.6 Å². The van der Waals surface area contributed by atoms with Gasteiger partial charge in [-0.2, -0.15) is 0 Å². The summed E-state index contributed by atoms with van der Waals surface area (Å²) in [6.45, 7) is 0.693. The Hall–Kier alpha value is -1.88. The van der Waals surface area contributed by atoms with Gasteiger partial charge in [-0.15, -0.1) is 11.8 Å². The fraction of sp³-hybridized carbons (Fsp3) is 0.278. The molecule has 3 rings (SSSR count). The molecule has 2 aromatic rings. The molecular weight excluding hydrogens is 316 g/mol. The highest BCUT2D eigenvalue weighted by Crippen LogP contribution is 2.33. The maximum Gasteiger partial charge on any atom is 0.233 e. The summed E-state index contributed by atoms with van der Waals surface area (Å²) in [5.41, 5.74) is 0.952. The number of nitrogens with zero attached hydrogens (tertiary/aromatic N) is 1. The molecule has 0 bridgehead atoms. The van der Waals surface area contributed by atoms with E-state index in [-0.39, 0.29) is 29.3 Å². The molecule has 1 atom stereocenters. The highest BCUT2D eigenvalue weighted by atomic mass is 32.2. The van der Waals surface area contributed by atoms with Crippen LogP contribution in [0, 0.1) is 11.6 Å². The molecule has 1 saturated heterocycles. The second kappa shape index (κ2) is 7.13. The average molecular weight is 333 g/mol. The van der Waals surface area contributed by atoms with E-state index in [1.54, 1.807) is 30.3 Å². The Labute approximate surface area is 138 Å². The van der Waals surface area contributed by atoms with Crippen molar-refractivity contribution in [1.29, 1.82) is 0 Å². The van der Waals surface area contributed by atoms with Crippen LogP contribution in [0.1, 0.15) is 24.4 Å². The normalized spacial score (nSPS) is 17.5. The summed E-state index contributed by atoms with van der Waals surface area (Å²) in [5, 5.41) is 0. The first-order valence-electron chi connectivity index (χ1n) is 7.57. The molecular formula is C18H17F2NOS. The van der Waals surface area contributed by atoms with E-state index in [1.165, 1.54) is 30.0 Å². The zero-order chi connectivity index (χ0) is 16.2. The molecule has 0 aliphatic carbocycles. The lowest BCUT2D eigenvalue weighted by Crippen LogP contribution is -2.32. The number of hydrogen-bond donors (Lipinski definition) is 0. The number of carbonyl (C=O) groups is 1. The minimum absolute atomic E-state index is 0.00919. The highest BCUT2D eigenvalue weighted by molar-refractivity contribution is 8.00. The molecule has 1 heterocycles. The van der Waals surface area contributed by atoms with Crippen molar-refractivity contribution in [2.75, 3.05) is 12.3 Å². The topological polar surface area (TPSA) is 20.3 Å². The van der Waals surface area contributed by atoms with Gasteiger partial charge >= 0.3 is 0 Å². The molecule has 1 aliphatic rings.